The van der Waals surface area contributed by atoms with E-state index in [4.69, 9.17) is 21.6 Å². The van der Waals surface area contributed by atoms with Gasteiger partial charge in [-0.05, 0) is 45.2 Å². The maximum atomic E-state index is 10.9. The molecule has 0 saturated carbocycles. The van der Waals surface area contributed by atoms with Gasteiger partial charge in [0.25, 0.3) is 0 Å². The highest BCUT2D eigenvalue weighted by Gasteiger charge is 2.17. The summed E-state index contributed by atoms with van der Waals surface area (Å²) < 4.78 is 5.42. The molecule has 0 heterocycles. The molecule has 108 valence electrons. The molecule has 0 aliphatic heterocycles. The van der Waals surface area contributed by atoms with Gasteiger partial charge in [0, 0.05) is 11.1 Å². The quantitative estimate of drug-likeness (QED) is 0.426. The first kappa shape index (κ1) is 16.3. The Morgan fingerprint density at radius 2 is 2.15 bits per heavy atom. The number of unbranched alkanes of at least 4 members (excludes halogenated alkanes) is 1. The summed E-state index contributed by atoms with van der Waals surface area (Å²) in [6, 6.07) is 6.57. The van der Waals surface area contributed by atoms with Crippen molar-refractivity contribution in [1.82, 2.24) is 0 Å². The molecular formula is C14H17ClN2O3. The number of nitriles is 1. The second-order valence-electron chi connectivity index (χ2n) is 5.17. The summed E-state index contributed by atoms with van der Waals surface area (Å²) in [5.74, 6) is 0.221. The molecule has 0 aromatic heterocycles. The van der Waals surface area contributed by atoms with Crippen LogP contribution in [0.4, 0.5) is 5.69 Å². The molecule has 0 spiro atoms. The molecular weight excluding hydrogens is 280 g/mol. The van der Waals surface area contributed by atoms with E-state index < -0.39 is 4.92 Å². The number of hydrogen-bond donors (Lipinski definition) is 0. The molecule has 0 aliphatic carbocycles. The van der Waals surface area contributed by atoms with Crippen molar-refractivity contribution in [2.24, 2.45) is 5.41 Å². The van der Waals surface area contributed by atoms with Gasteiger partial charge in [0.2, 0.25) is 0 Å². The molecule has 20 heavy (non-hydrogen) atoms. The van der Waals surface area contributed by atoms with E-state index in [-0.39, 0.29) is 16.9 Å². The molecule has 0 fully saturated rings. The maximum Gasteiger partial charge on any atom is 0.312 e. The third-order valence-electron chi connectivity index (χ3n) is 2.87. The van der Waals surface area contributed by atoms with E-state index in [1.54, 1.807) is 6.07 Å². The Bertz CT molecular complexity index is 524. The lowest BCUT2D eigenvalue weighted by atomic mass is 9.89. The topological polar surface area (TPSA) is 76.2 Å². The van der Waals surface area contributed by atoms with E-state index in [1.165, 1.54) is 12.1 Å². The van der Waals surface area contributed by atoms with Crippen LogP contribution in [0.25, 0.3) is 0 Å². The summed E-state index contributed by atoms with van der Waals surface area (Å²) in [4.78, 5) is 10.4. The van der Waals surface area contributed by atoms with E-state index >= 15 is 0 Å². The minimum atomic E-state index is -0.514. The first-order valence-corrected chi connectivity index (χ1v) is 6.71. The minimum Gasteiger partial charge on any atom is -0.487 e. The Morgan fingerprint density at radius 3 is 2.75 bits per heavy atom. The number of rotatable bonds is 7. The van der Waals surface area contributed by atoms with Crippen molar-refractivity contribution in [2.45, 2.75) is 33.1 Å². The molecule has 5 nitrogen and oxygen atoms in total. The Kier molecular flexibility index (Phi) is 5.78. The number of nitrogens with zero attached hydrogens (tertiary/aromatic N) is 2. The zero-order chi connectivity index (χ0) is 15.2. The van der Waals surface area contributed by atoms with E-state index in [2.05, 4.69) is 6.07 Å². The van der Waals surface area contributed by atoms with Crippen LogP contribution in [0.1, 0.15) is 33.1 Å². The number of nitro groups is 1. The van der Waals surface area contributed by atoms with Crippen LogP contribution in [0, 0.1) is 26.9 Å². The van der Waals surface area contributed by atoms with Crippen LogP contribution >= 0.6 is 11.6 Å². The minimum absolute atomic E-state index is 0.130. The molecule has 1 rings (SSSR count). The van der Waals surface area contributed by atoms with E-state index in [1.807, 2.05) is 13.8 Å². The zero-order valence-corrected chi connectivity index (χ0v) is 12.3. The Morgan fingerprint density at radius 1 is 1.45 bits per heavy atom. The number of hydrogen-bond acceptors (Lipinski definition) is 4. The Balaban J connectivity index is 2.47. The SMILES string of the molecule is CC(C)(C#N)CCCCOc1ccc(Cl)cc1[N+](=O)[O-]. The number of halogens is 1. The van der Waals surface area contributed by atoms with Crippen molar-refractivity contribution in [3.63, 3.8) is 0 Å². The fourth-order valence-electron chi connectivity index (χ4n) is 1.66. The molecule has 0 N–H and O–H groups in total. The summed E-state index contributed by atoms with van der Waals surface area (Å²) in [7, 11) is 0. The molecule has 0 bridgehead atoms. The molecule has 0 aliphatic rings. The van der Waals surface area contributed by atoms with Crippen LogP contribution < -0.4 is 4.74 Å². The lowest BCUT2D eigenvalue weighted by Gasteiger charge is -2.14. The molecule has 0 radical (unpaired) electrons. The summed E-state index contributed by atoms with van der Waals surface area (Å²) in [5, 5.41) is 20.1. The molecule has 1 aromatic rings. The predicted molar refractivity (Wildman–Crippen MR) is 76.8 cm³/mol. The van der Waals surface area contributed by atoms with Gasteiger partial charge in [0.15, 0.2) is 5.75 Å². The van der Waals surface area contributed by atoms with Gasteiger partial charge in [0.1, 0.15) is 0 Å². The number of benzene rings is 1. The van der Waals surface area contributed by atoms with Gasteiger partial charge in [0.05, 0.1) is 23.0 Å². The third kappa shape index (κ3) is 5.06. The highest BCUT2D eigenvalue weighted by Crippen LogP contribution is 2.30. The fourth-order valence-corrected chi connectivity index (χ4v) is 1.83. The Labute approximate surface area is 123 Å². The molecule has 1 aromatic carbocycles. The summed E-state index contributed by atoms with van der Waals surface area (Å²) in [5.41, 5.74) is -0.471. The third-order valence-corrected chi connectivity index (χ3v) is 3.11. The highest BCUT2D eigenvalue weighted by atomic mass is 35.5. The molecule has 0 amide bonds. The summed E-state index contributed by atoms with van der Waals surface area (Å²) in [6.07, 6.45) is 2.35. The van der Waals surface area contributed by atoms with Gasteiger partial charge in [-0.25, -0.2) is 0 Å². The first-order chi connectivity index (χ1) is 9.35. The number of nitro benzene ring substituents is 1. The average Bonchev–Trinajstić information content (AvgIpc) is 2.39. The predicted octanol–water partition coefficient (Wildman–Crippen LogP) is 4.35. The average molecular weight is 297 g/mol. The van der Waals surface area contributed by atoms with Crippen molar-refractivity contribution < 1.29 is 9.66 Å². The summed E-state index contributed by atoms with van der Waals surface area (Å²) in [6.45, 7) is 4.15. The van der Waals surface area contributed by atoms with Crippen LogP contribution in [-0.4, -0.2) is 11.5 Å². The number of ether oxygens (including phenoxy) is 1. The zero-order valence-electron chi connectivity index (χ0n) is 11.6. The van der Waals surface area contributed by atoms with Crippen molar-refractivity contribution >= 4 is 17.3 Å². The van der Waals surface area contributed by atoms with Gasteiger partial charge in [-0.2, -0.15) is 5.26 Å². The van der Waals surface area contributed by atoms with Gasteiger partial charge >= 0.3 is 5.69 Å². The molecule has 0 saturated heterocycles. The first-order valence-electron chi connectivity index (χ1n) is 6.34. The summed E-state index contributed by atoms with van der Waals surface area (Å²) >= 11 is 5.72. The second kappa shape index (κ2) is 7.11. The van der Waals surface area contributed by atoms with E-state index in [0.29, 0.717) is 11.6 Å². The monoisotopic (exact) mass is 296 g/mol. The van der Waals surface area contributed by atoms with Crippen LogP contribution in [0.15, 0.2) is 18.2 Å². The normalized spacial score (nSPS) is 10.9. The van der Waals surface area contributed by atoms with Gasteiger partial charge in [-0.3, -0.25) is 10.1 Å². The van der Waals surface area contributed by atoms with E-state index in [9.17, 15) is 10.1 Å². The second-order valence-corrected chi connectivity index (χ2v) is 5.61. The Hall–Kier alpha value is -1.80. The standard InChI is InChI=1S/C14H17ClN2O3/c1-14(2,10-16)7-3-4-8-20-13-6-5-11(15)9-12(13)17(18)19/h5-6,9H,3-4,7-8H2,1-2H3. The van der Waals surface area contributed by atoms with E-state index in [0.717, 1.165) is 19.3 Å². The highest BCUT2D eigenvalue weighted by molar-refractivity contribution is 6.30. The van der Waals surface area contributed by atoms with Gasteiger partial charge < -0.3 is 4.74 Å². The van der Waals surface area contributed by atoms with Crippen LogP contribution in [0.5, 0.6) is 5.75 Å². The van der Waals surface area contributed by atoms with Crippen molar-refractivity contribution in [1.29, 1.82) is 5.26 Å². The fraction of sp³-hybridized carbons (Fsp3) is 0.500. The van der Waals surface area contributed by atoms with Gasteiger partial charge in [-0.15, -0.1) is 0 Å². The smallest absolute Gasteiger partial charge is 0.312 e. The van der Waals surface area contributed by atoms with Gasteiger partial charge in [-0.1, -0.05) is 11.6 Å². The molecule has 6 heteroatoms. The lowest BCUT2D eigenvalue weighted by Crippen LogP contribution is -2.08. The largest absolute Gasteiger partial charge is 0.487 e. The molecule has 0 unspecified atom stereocenters. The van der Waals surface area contributed by atoms with Crippen LogP contribution in [0.3, 0.4) is 0 Å². The van der Waals surface area contributed by atoms with Crippen molar-refractivity contribution in [3.8, 4) is 11.8 Å². The maximum absolute atomic E-state index is 10.9. The lowest BCUT2D eigenvalue weighted by molar-refractivity contribution is -0.385. The van der Waals surface area contributed by atoms with Crippen molar-refractivity contribution in [3.05, 3.63) is 33.3 Å². The van der Waals surface area contributed by atoms with Crippen LogP contribution in [-0.2, 0) is 0 Å². The van der Waals surface area contributed by atoms with Crippen LogP contribution in [0.2, 0.25) is 5.02 Å². The van der Waals surface area contributed by atoms with Crippen molar-refractivity contribution in [2.75, 3.05) is 6.61 Å². The molecule has 0 atom stereocenters.